The molecule has 1 saturated heterocycles. The Hall–Kier alpha value is -3.17. The molecule has 40 heavy (non-hydrogen) atoms. The summed E-state index contributed by atoms with van der Waals surface area (Å²) >= 11 is 6.19. The summed E-state index contributed by atoms with van der Waals surface area (Å²) in [6.45, 7) is 10.2. The van der Waals surface area contributed by atoms with Crippen molar-refractivity contribution in [2.45, 2.75) is 77.7 Å². The molecule has 2 aliphatic carbocycles. The highest BCUT2D eigenvalue weighted by molar-refractivity contribution is 6.31. The number of carbonyl (C=O) groups is 1. The minimum Gasteiger partial charge on any atom is -0.489 e. The average Bonchev–Trinajstić information content (AvgIpc) is 2.90. The number of hydrogen-bond donors (Lipinski definition) is 2. The van der Waals surface area contributed by atoms with Crippen LogP contribution in [0.2, 0.25) is 5.02 Å². The zero-order valence-corrected chi connectivity index (χ0v) is 24.2. The van der Waals surface area contributed by atoms with E-state index in [0.717, 1.165) is 38.8 Å². The number of rotatable bonds is 5. The minimum absolute atomic E-state index is 0.146. The lowest BCUT2D eigenvalue weighted by molar-refractivity contribution is -0.164. The van der Waals surface area contributed by atoms with Gasteiger partial charge in [0.05, 0.1) is 22.3 Å². The molecule has 1 aromatic carbocycles. The van der Waals surface area contributed by atoms with Crippen molar-refractivity contribution in [2.24, 2.45) is 16.7 Å². The largest absolute Gasteiger partial charge is 0.489 e. The van der Waals surface area contributed by atoms with Crippen LogP contribution in [0.4, 0.5) is 0 Å². The maximum Gasteiger partial charge on any atom is 0.254 e. The molecule has 210 valence electrons. The van der Waals surface area contributed by atoms with Crippen molar-refractivity contribution in [1.29, 1.82) is 5.26 Å². The van der Waals surface area contributed by atoms with E-state index >= 15 is 0 Å². The van der Waals surface area contributed by atoms with Crippen LogP contribution in [0.1, 0.15) is 75.1 Å². The van der Waals surface area contributed by atoms with Gasteiger partial charge in [0.25, 0.3) is 5.91 Å². The van der Waals surface area contributed by atoms with E-state index in [-0.39, 0.29) is 35.0 Å². The number of benzene rings is 1. The molecule has 2 N–H and O–H groups in total. The predicted octanol–water partition coefficient (Wildman–Crippen LogP) is 4.20. The first kappa shape index (κ1) is 28.4. The number of hydrogen-bond acceptors (Lipinski definition) is 7. The maximum absolute atomic E-state index is 13.1. The van der Waals surface area contributed by atoms with Crippen molar-refractivity contribution in [1.82, 2.24) is 20.2 Å². The van der Waals surface area contributed by atoms with Gasteiger partial charge in [0, 0.05) is 60.4 Å². The number of aliphatic hydroxyl groups is 1. The highest BCUT2D eigenvalue weighted by atomic mass is 35.5. The molecular weight excluding hydrogens is 526 g/mol. The summed E-state index contributed by atoms with van der Waals surface area (Å²) in [5.41, 5.74) is 0.0644. The summed E-state index contributed by atoms with van der Waals surface area (Å²) < 4.78 is 6.30. The quantitative estimate of drug-likeness (QED) is 0.526. The Balaban J connectivity index is 1.15. The van der Waals surface area contributed by atoms with Gasteiger partial charge in [-0.3, -0.25) is 4.79 Å². The summed E-state index contributed by atoms with van der Waals surface area (Å²) in [6.07, 6.45) is 6.53. The molecule has 8 nitrogen and oxygen atoms in total. The van der Waals surface area contributed by atoms with Gasteiger partial charge in [-0.2, -0.15) is 5.26 Å². The summed E-state index contributed by atoms with van der Waals surface area (Å²) in [6, 6.07) is 7.51. The van der Waals surface area contributed by atoms with Crippen LogP contribution in [0.25, 0.3) is 0 Å². The molecule has 2 heterocycles. The maximum atomic E-state index is 13.1. The van der Waals surface area contributed by atoms with E-state index in [2.05, 4.69) is 65.8 Å². The van der Waals surface area contributed by atoms with Crippen LogP contribution < -0.4 is 10.1 Å². The molecule has 3 fully saturated rings. The number of aromatic nitrogens is 2. The third-order valence-electron chi connectivity index (χ3n) is 8.86. The van der Waals surface area contributed by atoms with Gasteiger partial charge >= 0.3 is 0 Å². The Bertz CT molecular complexity index is 1340. The number of amides is 1. The molecular formula is C31H36ClN5O3. The molecule has 2 aromatic rings. The lowest BCUT2D eigenvalue weighted by Gasteiger charge is -2.63. The molecule has 1 aromatic heterocycles. The van der Waals surface area contributed by atoms with E-state index in [4.69, 9.17) is 21.6 Å². The molecule has 0 unspecified atom stereocenters. The van der Waals surface area contributed by atoms with Crippen molar-refractivity contribution < 1.29 is 14.6 Å². The average molecular weight is 562 g/mol. The first-order valence-electron chi connectivity index (χ1n) is 13.9. The molecule has 5 rings (SSSR count). The second kappa shape index (κ2) is 11.0. The van der Waals surface area contributed by atoms with E-state index in [1.54, 1.807) is 18.2 Å². The SMILES string of the molecule is CC1(C)C(NC(=O)c2cnc(C#CC3CC(N4CCC(O)CC4)C3)nc2)C(C)(C)C1Oc1ccc(C#N)c(Cl)c1. The van der Waals surface area contributed by atoms with Crippen LogP contribution in [-0.2, 0) is 0 Å². The van der Waals surface area contributed by atoms with E-state index in [9.17, 15) is 9.90 Å². The molecule has 0 atom stereocenters. The normalized spacial score (nSPS) is 27.2. The number of halogens is 1. The Labute approximate surface area is 241 Å². The van der Waals surface area contributed by atoms with Crippen molar-refractivity contribution in [3.63, 3.8) is 0 Å². The molecule has 1 amide bonds. The topological polar surface area (TPSA) is 111 Å². The van der Waals surface area contributed by atoms with Crippen LogP contribution in [0.5, 0.6) is 5.75 Å². The zero-order valence-electron chi connectivity index (χ0n) is 23.4. The van der Waals surface area contributed by atoms with Gasteiger partial charge in [-0.1, -0.05) is 45.2 Å². The Morgan fingerprint density at radius 1 is 1.15 bits per heavy atom. The molecule has 9 heteroatoms. The monoisotopic (exact) mass is 561 g/mol. The first-order chi connectivity index (χ1) is 19.0. The van der Waals surface area contributed by atoms with Gasteiger partial charge in [-0.25, -0.2) is 9.97 Å². The van der Waals surface area contributed by atoms with Gasteiger partial charge in [-0.05, 0) is 43.7 Å². The fraction of sp³-hybridized carbons (Fsp3) is 0.548. The first-order valence-corrected chi connectivity index (χ1v) is 14.3. The summed E-state index contributed by atoms with van der Waals surface area (Å²) in [4.78, 5) is 24.2. The van der Waals surface area contributed by atoms with Gasteiger partial charge in [-0.15, -0.1) is 0 Å². The number of nitrogens with one attached hydrogen (secondary N) is 1. The van der Waals surface area contributed by atoms with Crippen molar-refractivity contribution in [2.75, 3.05) is 13.1 Å². The number of piperidine rings is 1. The van der Waals surface area contributed by atoms with Gasteiger partial charge in [0.2, 0.25) is 5.82 Å². The Morgan fingerprint density at radius 3 is 2.40 bits per heavy atom. The number of nitrogens with zero attached hydrogens (tertiary/aromatic N) is 4. The highest BCUT2D eigenvalue weighted by Gasteiger charge is 2.64. The van der Waals surface area contributed by atoms with E-state index in [1.807, 2.05) is 0 Å². The fourth-order valence-electron chi connectivity index (χ4n) is 6.74. The lowest BCUT2D eigenvalue weighted by atomic mass is 9.49. The smallest absolute Gasteiger partial charge is 0.254 e. The second-order valence-corrected chi connectivity index (χ2v) is 12.9. The summed E-state index contributed by atoms with van der Waals surface area (Å²) in [5, 5.41) is 22.3. The van der Waals surface area contributed by atoms with Gasteiger partial charge in [0.1, 0.15) is 17.9 Å². The van der Waals surface area contributed by atoms with Gasteiger partial charge in [0.15, 0.2) is 0 Å². The van der Waals surface area contributed by atoms with Crippen LogP contribution in [0.3, 0.4) is 0 Å². The highest BCUT2D eigenvalue weighted by Crippen LogP contribution is 2.55. The van der Waals surface area contributed by atoms with Crippen molar-refractivity contribution in [3.8, 4) is 23.7 Å². The molecule has 0 bridgehead atoms. The molecule has 1 aliphatic heterocycles. The Morgan fingerprint density at radius 2 is 1.80 bits per heavy atom. The van der Waals surface area contributed by atoms with E-state index in [1.165, 1.54) is 12.4 Å². The predicted molar refractivity (Wildman–Crippen MR) is 152 cm³/mol. The van der Waals surface area contributed by atoms with Crippen LogP contribution >= 0.6 is 11.6 Å². The lowest BCUT2D eigenvalue weighted by Crippen LogP contribution is -2.74. The Kier molecular flexibility index (Phi) is 7.81. The summed E-state index contributed by atoms with van der Waals surface area (Å²) in [7, 11) is 0. The molecule has 2 saturated carbocycles. The van der Waals surface area contributed by atoms with Crippen LogP contribution in [0, 0.1) is 39.9 Å². The standard InChI is InChI=1S/C31H36ClN5O3/c1-30(2)28(31(3,4)29(30)40-24-7-6-20(16-33)25(32)15-24)36-27(39)21-17-34-26(35-18-21)8-5-19-13-22(14-19)37-11-9-23(38)10-12-37/h6-7,15,17-19,22-23,28-29,38H,9-14H2,1-4H3,(H,36,39). The van der Waals surface area contributed by atoms with Crippen LogP contribution in [-0.4, -0.2) is 63.3 Å². The number of nitriles is 1. The van der Waals surface area contributed by atoms with Crippen LogP contribution in [0.15, 0.2) is 30.6 Å². The van der Waals surface area contributed by atoms with Gasteiger partial charge < -0.3 is 20.1 Å². The van der Waals surface area contributed by atoms with E-state index < -0.39 is 0 Å². The molecule has 0 spiro atoms. The molecule has 3 aliphatic rings. The number of aliphatic hydroxyl groups excluding tert-OH is 1. The second-order valence-electron chi connectivity index (χ2n) is 12.5. The summed E-state index contributed by atoms with van der Waals surface area (Å²) in [5.74, 6) is 7.45. The zero-order chi connectivity index (χ0) is 28.7. The number of likely N-dealkylation sites (tertiary alicyclic amines) is 1. The van der Waals surface area contributed by atoms with E-state index in [0.29, 0.717) is 39.7 Å². The third kappa shape index (κ3) is 5.54. The minimum atomic E-state index is -0.361. The van der Waals surface area contributed by atoms with Crippen molar-refractivity contribution >= 4 is 17.5 Å². The van der Waals surface area contributed by atoms with Crippen molar-refractivity contribution in [3.05, 3.63) is 52.6 Å². The number of ether oxygens (including phenoxy) is 1. The third-order valence-corrected chi connectivity index (χ3v) is 9.17. The molecule has 0 radical (unpaired) electrons. The fourth-order valence-corrected chi connectivity index (χ4v) is 6.95. The number of carbonyl (C=O) groups excluding carboxylic acids is 1.